The fraction of sp³-hybridized carbons (Fsp3) is 0.353. The van der Waals surface area contributed by atoms with Crippen molar-refractivity contribution in [2.45, 2.75) is 33.0 Å². The minimum Gasteiger partial charge on any atom is -0.332 e. The second kappa shape index (κ2) is 7.96. The average molecular weight is 302 g/mol. The van der Waals surface area contributed by atoms with Gasteiger partial charge in [-0.3, -0.25) is 4.79 Å². The van der Waals surface area contributed by atoms with Crippen LogP contribution in [-0.4, -0.2) is 23.4 Å². The maximum atomic E-state index is 12.4. The third kappa shape index (κ3) is 5.33. The molecule has 21 heavy (non-hydrogen) atoms. The Morgan fingerprint density at radius 3 is 2.52 bits per heavy atom. The highest BCUT2D eigenvalue weighted by atomic mass is 32.1. The summed E-state index contributed by atoms with van der Waals surface area (Å²) in [5.74, 6) is 0.140. The maximum Gasteiger partial charge on any atom is 0.237 e. The number of nitrogens with one attached hydrogen (secondary N) is 1. The molecule has 1 amide bonds. The zero-order chi connectivity index (χ0) is 15.1. The number of benzene rings is 1. The number of thiophene rings is 1. The van der Waals surface area contributed by atoms with Gasteiger partial charge in [0, 0.05) is 17.5 Å². The monoisotopic (exact) mass is 302 g/mol. The number of carbonyl (C=O) groups is 1. The molecule has 0 aliphatic rings. The molecule has 1 heterocycles. The molecule has 0 radical (unpaired) electrons. The number of hydrogen-bond donors (Lipinski definition) is 1. The highest BCUT2D eigenvalue weighted by molar-refractivity contribution is 7.09. The Morgan fingerprint density at radius 2 is 1.90 bits per heavy atom. The van der Waals surface area contributed by atoms with Gasteiger partial charge in [-0.1, -0.05) is 50.2 Å². The summed E-state index contributed by atoms with van der Waals surface area (Å²) in [4.78, 5) is 15.6. The minimum absolute atomic E-state index is 0.140. The van der Waals surface area contributed by atoms with Crippen LogP contribution in [0.15, 0.2) is 47.8 Å². The van der Waals surface area contributed by atoms with Crippen LogP contribution in [0.2, 0.25) is 0 Å². The Bertz CT molecular complexity index is 537. The summed E-state index contributed by atoms with van der Waals surface area (Å²) in [6.07, 6.45) is 0. The van der Waals surface area contributed by atoms with E-state index in [2.05, 4.69) is 23.5 Å². The Kier molecular flexibility index (Phi) is 5.96. The third-order valence-electron chi connectivity index (χ3n) is 3.16. The Labute approximate surface area is 130 Å². The van der Waals surface area contributed by atoms with Crippen LogP contribution in [0.25, 0.3) is 0 Å². The van der Waals surface area contributed by atoms with Crippen molar-refractivity contribution >= 4 is 17.2 Å². The first-order chi connectivity index (χ1) is 10.1. The largest absolute Gasteiger partial charge is 0.332 e. The number of rotatable bonds is 7. The van der Waals surface area contributed by atoms with E-state index in [1.807, 2.05) is 48.4 Å². The molecule has 1 N–H and O–H groups in total. The van der Waals surface area contributed by atoms with Gasteiger partial charge in [-0.25, -0.2) is 0 Å². The molecule has 0 spiro atoms. The van der Waals surface area contributed by atoms with Gasteiger partial charge < -0.3 is 10.2 Å². The third-order valence-corrected chi connectivity index (χ3v) is 4.02. The summed E-state index contributed by atoms with van der Waals surface area (Å²) < 4.78 is 0. The highest BCUT2D eigenvalue weighted by Crippen LogP contribution is 2.14. The average Bonchev–Trinajstić information content (AvgIpc) is 2.98. The molecule has 112 valence electrons. The molecule has 2 aromatic rings. The van der Waals surface area contributed by atoms with Gasteiger partial charge >= 0.3 is 0 Å². The van der Waals surface area contributed by atoms with Crippen LogP contribution in [0.3, 0.4) is 0 Å². The predicted octanol–water partition coefficient (Wildman–Crippen LogP) is 3.27. The number of carbonyl (C=O) groups excluding carboxylic acids is 1. The van der Waals surface area contributed by atoms with Crippen LogP contribution in [0.1, 0.15) is 24.3 Å². The molecule has 0 saturated heterocycles. The molecule has 3 nitrogen and oxygen atoms in total. The van der Waals surface area contributed by atoms with E-state index in [9.17, 15) is 4.79 Å². The van der Waals surface area contributed by atoms with E-state index in [0.717, 1.165) is 5.56 Å². The Balaban J connectivity index is 2.04. The Hall–Kier alpha value is -1.65. The van der Waals surface area contributed by atoms with E-state index in [4.69, 9.17) is 0 Å². The molecule has 0 atom stereocenters. The van der Waals surface area contributed by atoms with Crippen LogP contribution in [-0.2, 0) is 17.9 Å². The standard InChI is InChI=1S/C17H22N2OS/c1-14(2)18-11-17(20)19(13-16-9-6-10-21-16)12-15-7-4-3-5-8-15/h3-10,14,18H,11-13H2,1-2H3. The number of hydrogen-bond acceptors (Lipinski definition) is 3. The van der Waals surface area contributed by atoms with Gasteiger partial charge in [-0.05, 0) is 17.0 Å². The fourth-order valence-corrected chi connectivity index (χ4v) is 2.75. The minimum atomic E-state index is 0.140. The smallest absolute Gasteiger partial charge is 0.237 e. The van der Waals surface area contributed by atoms with Crippen LogP contribution in [0.5, 0.6) is 0 Å². The van der Waals surface area contributed by atoms with E-state index in [1.165, 1.54) is 4.88 Å². The summed E-state index contributed by atoms with van der Waals surface area (Å²) in [5, 5.41) is 5.25. The van der Waals surface area contributed by atoms with Crippen LogP contribution in [0.4, 0.5) is 0 Å². The molecule has 0 aliphatic carbocycles. The molecule has 0 fully saturated rings. The molecular formula is C17H22N2OS. The first kappa shape index (κ1) is 15.7. The predicted molar refractivity (Wildman–Crippen MR) is 88.2 cm³/mol. The highest BCUT2D eigenvalue weighted by Gasteiger charge is 2.15. The van der Waals surface area contributed by atoms with Crippen molar-refractivity contribution in [1.29, 1.82) is 0 Å². The molecule has 0 unspecified atom stereocenters. The molecule has 2 rings (SSSR count). The Morgan fingerprint density at radius 1 is 1.14 bits per heavy atom. The van der Waals surface area contributed by atoms with Crippen LogP contribution in [0, 0.1) is 0 Å². The lowest BCUT2D eigenvalue weighted by molar-refractivity contribution is -0.131. The normalized spacial score (nSPS) is 10.8. The topological polar surface area (TPSA) is 32.3 Å². The van der Waals surface area contributed by atoms with E-state index in [-0.39, 0.29) is 5.91 Å². The number of nitrogens with zero attached hydrogens (tertiary/aromatic N) is 1. The lowest BCUT2D eigenvalue weighted by atomic mass is 10.2. The van der Waals surface area contributed by atoms with Crippen molar-refractivity contribution in [2.24, 2.45) is 0 Å². The summed E-state index contributed by atoms with van der Waals surface area (Å²) in [6.45, 7) is 5.81. The van der Waals surface area contributed by atoms with Crippen molar-refractivity contribution in [1.82, 2.24) is 10.2 Å². The number of amides is 1. The lowest BCUT2D eigenvalue weighted by Gasteiger charge is -2.23. The van der Waals surface area contributed by atoms with Gasteiger partial charge in [0.15, 0.2) is 0 Å². The van der Waals surface area contributed by atoms with Gasteiger partial charge in [0.05, 0.1) is 13.1 Å². The second-order valence-corrected chi connectivity index (χ2v) is 6.38. The van der Waals surface area contributed by atoms with Crippen molar-refractivity contribution in [3.63, 3.8) is 0 Å². The summed E-state index contributed by atoms with van der Waals surface area (Å²) >= 11 is 1.69. The first-order valence-electron chi connectivity index (χ1n) is 7.22. The van der Waals surface area contributed by atoms with E-state index >= 15 is 0 Å². The molecule has 1 aromatic heterocycles. The summed E-state index contributed by atoms with van der Waals surface area (Å²) in [5.41, 5.74) is 1.16. The van der Waals surface area contributed by atoms with E-state index < -0.39 is 0 Å². The molecule has 0 aliphatic heterocycles. The maximum absolute atomic E-state index is 12.4. The molecule has 0 saturated carbocycles. The van der Waals surface area contributed by atoms with E-state index in [0.29, 0.717) is 25.7 Å². The zero-order valence-corrected chi connectivity index (χ0v) is 13.4. The van der Waals surface area contributed by atoms with Crippen molar-refractivity contribution in [2.75, 3.05) is 6.54 Å². The van der Waals surface area contributed by atoms with Crippen molar-refractivity contribution in [3.8, 4) is 0 Å². The van der Waals surface area contributed by atoms with Crippen molar-refractivity contribution < 1.29 is 4.79 Å². The van der Waals surface area contributed by atoms with Crippen LogP contribution < -0.4 is 5.32 Å². The van der Waals surface area contributed by atoms with Gasteiger partial charge in [0.2, 0.25) is 5.91 Å². The zero-order valence-electron chi connectivity index (χ0n) is 12.6. The summed E-state index contributed by atoms with van der Waals surface area (Å²) in [7, 11) is 0. The molecule has 0 bridgehead atoms. The van der Waals surface area contributed by atoms with Gasteiger partial charge in [-0.15, -0.1) is 11.3 Å². The lowest BCUT2D eigenvalue weighted by Crippen LogP contribution is -2.39. The fourth-order valence-electron chi connectivity index (χ4n) is 2.03. The van der Waals surface area contributed by atoms with Gasteiger partial charge in [-0.2, -0.15) is 0 Å². The van der Waals surface area contributed by atoms with Gasteiger partial charge in [0.1, 0.15) is 0 Å². The second-order valence-electron chi connectivity index (χ2n) is 5.35. The van der Waals surface area contributed by atoms with E-state index in [1.54, 1.807) is 11.3 Å². The first-order valence-corrected chi connectivity index (χ1v) is 8.10. The van der Waals surface area contributed by atoms with Gasteiger partial charge in [0.25, 0.3) is 0 Å². The molecule has 4 heteroatoms. The molecular weight excluding hydrogens is 280 g/mol. The van der Waals surface area contributed by atoms with Crippen molar-refractivity contribution in [3.05, 3.63) is 58.3 Å². The quantitative estimate of drug-likeness (QED) is 0.851. The van der Waals surface area contributed by atoms with Crippen LogP contribution >= 0.6 is 11.3 Å². The molecule has 1 aromatic carbocycles. The summed E-state index contributed by atoms with van der Waals surface area (Å²) in [6, 6.07) is 14.5. The SMILES string of the molecule is CC(C)NCC(=O)N(Cc1ccccc1)Cc1cccs1.